The second-order valence-corrected chi connectivity index (χ2v) is 8.17. The molecule has 0 rings (SSSR count). The third-order valence-corrected chi connectivity index (χ3v) is 5.13. The number of ether oxygens (including phenoxy) is 2. The van der Waals surface area contributed by atoms with E-state index < -0.39 is 99.0 Å². The van der Waals surface area contributed by atoms with Crippen molar-refractivity contribution in [3.05, 3.63) is 0 Å². The Labute approximate surface area is 224 Å². The second-order valence-electron chi connectivity index (χ2n) is 8.17. The van der Waals surface area contributed by atoms with E-state index in [0.717, 1.165) is 0 Å². The van der Waals surface area contributed by atoms with Gasteiger partial charge in [0.15, 0.2) is 0 Å². The number of hydrogen-bond acceptors (Lipinski definition) is 2. The van der Waals surface area contributed by atoms with Gasteiger partial charge in [-0.1, -0.05) is 0 Å². The number of hydrogen-bond donors (Lipinski definition) is 0. The van der Waals surface area contributed by atoms with Gasteiger partial charge in [0.2, 0.25) is 0 Å². The smallest absolute Gasteiger partial charge is 0.334 e. The molecule has 44 heavy (non-hydrogen) atoms. The zero-order valence-corrected chi connectivity index (χ0v) is 20.1. The lowest BCUT2D eigenvalue weighted by atomic mass is 9.98. The van der Waals surface area contributed by atoms with Crippen LogP contribution in [0.5, 0.6) is 0 Å². The maximum absolute atomic E-state index is 12.4. The highest BCUT2D eigenvalue weighted by Gasteiger charge is 2.83. The van der Waals surface area contributed by atoms with E-state index in [2.05, 4.69) is 9.47 Å². The molecule has 0 radical (unpaired) electrons. The molecule has 0 aromatic rings. The van der Waals surface area contributed by atoms with Crippen molar-refractivity contribution in [1.82, 2.24) is 0 Å². The molecular formula is C16H10F26O2. The summed E-state index contributed by atoms with van der Waals surface area (Å²) in [6.45, 7) is -9.70. The van der Waals surface area contributed by atoms with Crippen LogP contribution >= 0.6 is 0 Å². The molecule has 0 atom stereocenters. The summed E-state index contributed by atoms with van der Waals surface area (Å²) >= 11 is 0. The molecular weight excluding hydrogens is 718 g/mol. The molecule has 0 saturated carbocycles. The van der Waals surface area contributed by atoms with Gasteiger partial charge in [-0.25, -0.2) is 8.78 Å². The predicted molar refractivity (Wildman–Crippen MR) is 84.8 cm³/mol. The fourth-order valence-electron chi connectivity index (χ4n) is 2.17. The molecule has 0 spiro atoms. The Morgan fingerprint density at radius 3 is 0.545 bits per heavy atom. The highest BCUT2D eigenvalue weighted by Crippen LogP contribution is 2.56. The maximum Gasteiger partial charge on any atom is 0.429 e. The molecule has 0 aliphatic rings. The van der Waals surface area contributed by atoms with E-state index in [1.165, 1.54) is 0 Å². The average Bonchev–Trinajstić information content (AvgIpc) is 2.68. The highest BCUT2D eigenvalue weighted by atomic mass is 19.4. The van der Waals surface area contributed by atoms with Crippen LogP contribution in [0.4, 0.5) is 114 Å². The van der Waals surface area contributed by atoms with Crippen LogP contribution < -0.4 is 0 Å². The zero-order valence-electron chi connectivity index (χ0n) is 20.1. The molecule has 268 valence electrons. The third-order valence-electron chi connectivity index (χ3n) is 5.13. The van der Waals surface area contributed by atoms with Crippen molar-refractivity contribution in [2.45, 2.75) is 85.7 Å². The SMILES string of the molecule is CC(OC(C)(C(F)(F)F)C(F)(F)F)(C(F)(F)F)C(F)(F)F.FCC(OC(CF)(C(F)(F)F)C(F)(F)F)(C(F)(F)F)C(F)(F)F. The molecule has 0 aliphatic heterocycles. The lowest BCUT2D eigenvalue weighted by Gasteiger charge is -2.43. The Balaban J connectivity index is 0. The molecule has 0 aromatic heterocycles. The minimum atomic E-state index is -7.10. The molecule has 0 saturated heterocycles. The van der Waals surface area contributed by atoms with Gasteiger partial charge in [-0.05, 0) is 13.8 Å². The van der Waals surface area contributed by atoms with Gasteiger partial charge in [-0.2, -0.15) is 105 Å². The predicted octanol–water partition coefficient (Wildman–Crippen LogP) is 9.44. The molecule has 0 aromatic carbocycles. The van der Waals surface area contributed by atoms with E-state index in [1.807, 2.05) is 0 Å². The fourth-order valence-corrected chi connectivity index (χ4v) is 2.17. The summed E-state index contributed by atoms with van der Waals surface area (Å²) in [4.78, 5) is 0. The Kier molecular flexibility index (Phi) is 12.1. The summed E-state index contributed by atoms with van der Waals surface area (Å²) in [7, 11) is 0. The van der Waals surface area contributed by atoms with Gasteiger partial charge in [0.25, 0.3) is 22.4 Å². The lowest BCUT2D eigenvalue weighted by molar-refractivity contribution is -0.470. The number of rotatable bonds is 6. The van der Waals surface area contributed by atoms with Crippen LogP contribution in [0.15, 0.2) is 0 Å². The minimum Gasteiger partial charge on any atom is -0.334 e. The molecule has 28 heteroatoms. The second kappa shape index (κ2) is 12.0. The van der Waals surface area contributed by atoms with Crippen LogP contribution in [0.3, 0.4) is 0 Å². The first-order valence-corrected chi connectivity index (χ1v) is 9.59. The first-order chi connectivity index (χ1) is 18.5. The van der Waals surface area contributed by atoms with Crippen molar-refractivity contribution < 1.29 is 124 Å². The maximum atomic E-state index is 12.4. The summed E-state index contributed by atoms with van der Waals surface area (Å²) < 4.78 is 326. The van der Waals surface area contributed by atoms with Gasteiger partial charge >= 0.3 is 49.4 Å². The number of halogens is 26. The Hall–Kier alpha value is -1.90. The fraction of sp³-hybridized carbons (Fsp3) is 1.00. The molecule has 0 N–H and O–H groups in total. The van der Waals surface area contributed by atoms with E-state index in [1.54, 1.807) is 0 Å². The first kappa shape index (κ1) is 44.2. The standard InChI is InChI=1S/C8H4F14O.C8H6F12O/c9-1-3(5(11,12)13,6(14,15)16)23-4(2-10,7(17,18)19)8(20,21)22;1-3(5(9,10)11,6(12,13)14)21-4(2,7(15,16)17)8(18,19)20/h1-2H2;1-2H3. The number of alkyl halides is 26. The van der Waals surface area contributed by atoms with E-state index in [-0.39, 0.29) is 0 Å². The van der Waals surface area contributed by atoms with E-state index >= 15 is 0 Å². The third kappa shape index (κ3) is 7.90. The molecule has 0 amide bonds. The minimum absolute atomic E-state index is 0.956. The van der Waals surface area contributed by atoms with Crippen LogP contribution in [0, 0.1) is 0 Å². The summed E-state index contributed by atoms with van der Waals surface area (Å²) in [5, 5.41) is 0. The summed E-state index contributed by atoms with van der Waals surface area (Å²) in [6, 6.07) is 0. The quantitative estimate of drug-likeness (QED) is 0.254. The van der Waals surface area contributed by atoms with Gasteiger partial charge in [0, 0.05) is 0 Å². The van der Waals surface area contributed by atoms with Crippen LogP contribution in [-0.2, 0) is 9.47 Å². The molecule has 0 heterocycles. The Bertz CT molecular complexity index is 788. The Morgan fingerprint density at radius 1 is 0.295 bits per heavy atom. The highest BCUT2D eigenvalue weighted by molar-refractivity contribution is 5.05. The molecule has 0 unspecified atom stereocenters. The van der Waals surface area contributed by atoms with Crippen molar-refractivity contribution in [2.24, 2.45) is 0 Å². The zero-order chi connectivity index (χ0) is 36.8. The van der Waals surface area contributed by atoms with Gasteiger partial charge in [-0.3, -0.25) is 0 Å². The van der Waals surface area contributed by atoms with Crippen LogP contribution in [0.1, 0.15) is 13.8 Å². The normalized spacial score (nSPS) is 16.1. The largest absolute Gasteiger partial charge is 0.429 e. The molecule has 0 bridgehead atoms. The van der Waals surface area contributed by atoms with Crippen molar-refractivity contribution in [2.75, 3.05) is 13.3 Å². The summed E-state index contributed by atoms with van der Waals surface area (Å²) in [5.74, 6) is 0. The first-order valence-electron chi connectivity index (χ1n) is 9.59. The van der Waals surface area contributed by atoms with E-state index in [9.17, 15) is 114 Å². The summed E-state index contributed by atoms with van der Waals surface area (Å²) in [6.07, 6.45) is -54.7. The van der Waals surface area contributed by atoms with Gasteiger partial charge in [-0.15, -0.1) is 0 Å². The average molecular weight is 728 g/mol. The van der Waals surface area contributed by atoms with Crippen molar-refractivity contribution in [3.63, 3.8) is 0 Å². The van der Waals surface area contributed by atoms with Gasteiger partial charge in [0.05, 0.1) is 0 Å². The van der Waals surface area contributed by atoms with Crippen molar-refractivity contribution in [3.8, 4) is 0 Å². The van der Waals surface area contributed by atoms with Crippen LogP contribution in [0.2, 0.25) is 0 Å². The monoisotopic (exact) mass is 728 g/mol. The summed E-state index contributed by atoms with van der Waals surface area (Å²) in [5.41, 5.74) is -24.4. The Morgan fingerprint density at radius 2 is 0.455 bits per heavy atom. The molecule has 0 aliphatic carbocycles. The van der Waals surface area contributed by atoms with Crippen molar-refractivity contribution in [1.29, 1.82) is 0 Å². The topological polar surface area (TPSA) is 18.5 Å². The van der Waals surface area contributed by atoms with E-state index in [4.69, 9.17) is 0 Å². The van der Waals surface area contributed by atoms with E-state index in [0.29, 0.717) is 0 Å². The molecule has 2 nitrogen and oxygen atoms in total. The van der Waals surface area contributed by atoms with Crippen LogP contribution in [0.25, 0.3) is 0 Å². The van der Waals surface area contributed by atoms with Crippen LogP contribution in [-0.4, -0.2) is 85.2 Å². The van der Waals surface area contributed by atoms with Crippen molar-refractivity contribution >= 4 is 0 Å². The molecule has 0 fully saturated rings. The van der Waals surface area contributed by atoms with Gasteiger partial charge in [0.1, 0.15) is 13.3 Å². The van der Waals surface area contributed by atoms with Gasteiger partial charge < -0.3 is 9.47 Å². The lowest BCUT2D eigenvalue weighted by Crippen LogP contribution is -2.71.